The number of hydrogen-bond donors (Lipinski definition) is 1. The van der Waals surface area contributed by atoms with E-state index in [-0.39, 0.29) is 19.1 Å². The van der Waals surface area contributed by atoms with Gasteiger partial charge in [-0.2, -0.15) is 0 Å². The van der Waals surface area contributed by atoms with Crippen molar-refractivity contribution in [2.75, 3.05) is 13.1 Å². The van der Waals surface area contributed by atoms with Gasteiger partial charge in [-0.25, -0.2) is 9.18 Å². The molecule has 2 fully saturated rings. The zero-order chi connectivity index (χ0) is 9.47. The van der Waals surface area contributed by atoms with E-state index in [0.29, 0.717) is 6.04 Å². The number of alkyl halides is 1. The monoisotopic (exact) mass is 186 g/mol. The minimum atomic E-state index is -1.16. The Kier molecular flexibility index (Phi) is 1.93. The molecule has 0 bridgehead atoms. The van der Waals surface area contributed by atoms with E-state index in [1.165, 1.54) is 18.2 Å². The molecule has 2 amide bonds. The number of nitrogens with zero attached hydrogens (tertiary/aromatic N) is 1. The van der Waals surface area contributed by atoms with Crippen molar-refractivity contribution in [3.05, 3.63) is 0 Å². The van der Waals surface area contributed by atoms with E-state index in [1.807, 2.05) is 0 Å². The number of hydrogen-bond acceptors (Lipinski definition) is 1. The molecule has 74 valence electrons. The van der Waals surface area contributed by atoms with Crippen molar-refractivity contribution in [2.45, 2.75) is 37.9 Å². The van der Waals surface area contributed by atoms with Crippen LogP contribution >= 0.6 is 0 Å². The first-order chi connectivity index (χ1) is 6.07. The number of carbonyl (C=O) groups excluding carboxylic acids is 1. The fourth-order valence-corrected chi connectivity index (χ4v) is 1.71. The van der Waals surface area contributed by atoms with Crippen LogP contribution in [0.4, 0.5) is 9.18 Å². The van der Waals surface area contributed by atoms with Crippen LogP contribution in [0.5, 0.6) is 0 Å². The van der Waals surface area contributed by atoms with Crippen LogP contribution in [-0.2, 0) is 0 Å². The second kappa shape index (κ2) is 2.86. The van der Waals surface area contributed by atoms with Gasteiger partial charge in [0, 0.05) is 6.04 Å². The minimum Gasteiger partial charge on any atom is -0.335 e. The molecule has 4 heteroatoms. The fourth-order valence-electron chi connectivity index (χ4n) is 1.71. The maximum atomic E-state index is 13.0. The zero-order valence-corrected chi connectivity index (χ0v) is 7.85. The van der Waals surface area contributed by atoms with Gasteiger partial charge in [0.05, 0.1) is 13.1 Å². The molecule has 0 atom stereocenters. The molecule has 0 aromatic carbocycles. The van der Waals surface area contributed by atoms with E-state index in [9.17, 15) is 9.18 Å². The average molecular weight is 186 g/mol. The molecule has 0 unspecified atom stereocenters. The number of halogens is 1. The van der Waals surface area contributed by atoms with Crippen molar-refractivity contribution in [1.29, 1.82) is 0 Å². The molecule has 1 saturated heterocycles. The maximum Gasteiger partial charge on any atom is 0.317 e. The first-order valence-corrected chi connectivity index (χ1v) is 4.81. The highest BCUT2D eigenvalue weighted by molar-refractivity contribution is 5.75. The summed E-state index contributed by atoms with van der Waals surface area (Å²) in [5.74, 6) is 0. The quantitative estimate of drug-likeness (QED) is 0.657. The Balaban J connectivity index is 1.73. The van der Waals surface area contributed by atoms with Gasteiger partial charge in [0.15, 0.2) is 0 Å². The first-order valence-electron chi connectivity index (χ1n) is 4.81. The second-order valence-electron chi connectivity index (χ2n) is 4.35. The minimum absolute atomic E-state index is 0.0974. The van der Waals surface area contributed by atoms with Gasteiger partial charge in [-0.1, -0.05) is 0 Å². The fraction of sp³-hybridized carbons (Fsp3) is 0.889. The summed E-state index contributed by atoms with van der Waals surface area (Å²) in [6.07, 6.45) is 3.35. The van der Waals surface area contributed by atoms with Crippen LogP contribution < -0.4 is 5.32 Å². The molecule has 1 saturated carbocycles. The molecule has 0 radical (unpaired) electrons. The van der Waals surface area contributed by atoms with Crippen LogP contribution in [0.25, 0.3) is 0 Å². The van der Waals surface area contributed by atoms with Gasteiger partial charge in [-0.05, 0) is 26.2 Å². The topological polar surface area (TPSA) is 32.3 Å². The summed E-state index contributed by atoms with van der Waals surface area (Å²) in [6, 6.07) is 0.249. The van der Waals surface area contributed by atoms with Gasteiger partial charge in [-0.15, -0.1) is 0 Å². The average Bonchev–Trinajstić information content (AvgIpc) is 1.91. The normalized spacial score (nSPS) is 26.2. The second-order valence-corrected chi connectivity index (χ2v) is 4.35. The molecule has 0 aromatic rings. The lowest BCUT2D eigenvalue weighted by atomic mass is 9.93. The van der Waals surface area contributed by atoms with Crippen molar-refractivity contribution in [1.82, 2.24) is 10.2 Å². The van der Waals surface area contributed by atoms with Crippen molar-refractivity contribution >= 4 is 6.03 Å². The third-order valence-corrected chi connectivity index (χ3v) is 2.76. The summed E-state index contributed by atoms with van der Waals surface area (Å²) in [5, 5.41) is 2.88. The Morgan fingerprint density at radius 3 is 2.54 bits per heavy atom. The van der Waals surface area contributed by atoms with Crippen LogP contribution in [-0.4, -0.2) is 35.7 Å². The van der Waals surface area contributed by atoms with Crippen LogP contribution in [0.15, 0.2) is 0 Å². The van der Waals surface area contributed by atoms with Gasteiger partial charge >= 0.3 is 6.03 Å². The number of likely N-dealkylation sites (tertiary alicyclic amines) is 1. The summed E-state index contributed by atoms with van der Waals surface area (Å²) in [4.78, 5) is 12.9. The molecule has 13 heavy (non-hydrogen) atoms. The largest absolute Gasteiger partial charge is 0.335 e. The van der Waals surface area contributed by atoms with Gasteiger partial charge in [-0.3, -0.25) is 0 Å². The third kappa shape index (κ3) is 1.76. The molecular weight excluding hydrogens is 171 g/mol. The lowest BCUT2D eigenvalue weighted by Gasteiger charge is -2.43. The predicted molar refractivity (Wildman–Crippen MR) is 47.3 cm³/mol. The molecule has 2 rings (SSSR count). The summed E-state index contributed by atoms with van der Waals surface area (Å²) in [5.41, 5.74) is -1.16. The highest BCUT2D eigenvalue weighted by Crippen LogP contribution is 2.25. The van der Waals surface area contributed by atoms with E-state index in [2.05, 4.69) is 5.32 Å². The maximum absolute atomic E-state index is 13.0. The van der Waals surface area contributed by atoms with Gasteiger partial charge in [0.2, 0.25) is 0 Å². The summed E-state index contributed by atoms with van der Waals surface area (Å²) in [6.45, 7) is 2.01. The van der Waals surface area contributed by atoms with Crippen molar-refractivity contribution in [2.24, 2.45) is 0 Å². The highest BCUT2D eigenvalue weighted by Gasteiger charge is 2.42. The molecule has 0 spiro atoms. The predicted octanol–water partition coefficient (Wildman–Crippen LogP) is 1.29. The summed E-state index contributed by atoms with van der Waals surface area (Å²) in [7, 11) is 0. The Labute approximate surface area is 77.3 Å². The lowest BCUT2D eigenvalue weighted by Crippen LogP contribution is -2.62. The molecule has 1 N–H and O–H groups in total. The van der Waals surface area contributed by atoms with Crippen LogP contribution in [0.1, 0.15) is 26.2 Å². The molecular formula is C9H15FN2O. The molecule has 1 aliphatic carbocycles. The van der Waals surface area contributed by atoms with Crippen molar-refractivity contribution < 1.29 is 9.18 Å². The number of urea groups is 1. The standard InChI is InChI=1S/C9H15FN2O/c1-9(10)5-12(6-9)8(13)11-7-3-2-4-7/h7H,2-6H2,1H3,(H,11,13). The third-order valence-electron chi connectivity index (χ3n) is 2.76. The Hall–Kier alpha value is -0.800. The van der Waals surface area contributed by atoms with E-state index >= 15 is 0 Å². The van der Waals surface area contributed by atoms with Gasteiger partial charge < -0.3 is 10.2 Å². The number of nitrogens with one attached hydrogen (secondary N) is 1. The smallest absolute Gasteiger partial charge is 0.317 e. The Morgan fingerprint density at radius 2 is 2.15 bits per heavy atom. The molecule has 1 aliphatic heterocycles. The number of carbonyl (C=O) groups is 1. The molecule has 3 nitrogen and oxygen atoms in total. The highest BCUT2D eigenvalue weighted by atomic mass is 19.1. The van der Waals surface area contributed by atoms with E-state index in [4.69, 9.17) is 0 Å². The number of rotatable bonds is 1. The van der Waals surface area contributed by atoms with Crippen molar-refractivity contribution in [3.8, 4) is 0 Å². The van der Waals surface area contributed by atoms with Crippen LogP contribution in [0.2, 0.25) is 0 Å². The van der Waals surface area contributed by atoms with E-state index in [1.54, 1.807) is 0 Å². The summed E-state index contributed by atoms with van der Waals surface area (Å²) < 4.78 is 13.0. The van der Waals surface area contributed by atoms with Gasteiger partial charge in [0.25, 0.3) is 0 Å². The zero-order valence-electron chi connectivity index (χ0n) is 7.85. The van der Waals surface area contributed by atoms with E-state index in [0.717, 1.165) is 12.8 Å². The van der Waals surface area contributed by atoms with E-state index < -0.39 is 5.67 Å². The molecule has 1 heterocycles. The number of amides is 2. The molecule has 0 aromatic heterocycles. The van der Waals surface area contributed by atoms with Gasteiger partial charge in [0.1, 0.15) is 5.67 Å². The Morgan fingerprint density at radius 1 is 1.54 bits per heavy atom. The van der Waals surface area contributed by atoms with Crippen molar-refractivity contribution in [3.63, 3.8) is 0 Å². The van der Waals surface area contributed by atoms with Crippen LogP contribution in [0, 0.1) is 0 Å². The SMILES string of the molecule is CC1(F)CN(C(=O)NC2CCC2)C1. The lowest BCUT2D eigenvalue weighted by molar-refractivity contribution is 0.00845. The Bertz CT molecular complexity index is 218. The van der Waals surface area contributed by atoms with Crippen LogP contribution in [0.3, 0.4) is 0 Å². The first kappa shape index (κ1) is 8.78. The molecule has 2 aliphatic rings. The summed E-state index contributed by atoms with van der Waals surface area (Å²) >= 11 is 0.